The standard InChI is InChI=1S/C23H22N2O2S/c1-18-11-14-21(15-12-18)28(26,27)25(24-17-19-7-3-2-4-8-19)23-16-13-20-9-5-6-10-22(20)23/h2-12,14-15,17,23H,13,16H2,1H3/b24-17+. The van der Waals surface area contributed by atoms with E-state index in [2.05, 4.69) is 11.2 Å². The summed E-state index contributed by atoms with van der Waals surface area (Å²) < 4.78 is 28.2. The van der Waals surface area contributed by atoms with Gasteiger partial charge in [-0.2, -0.15) is 17.9 Å². The van der Waals surface area contributed by atoms with Crippen LogP contribution in [0.1, 0.15) is 34.7 Å². The van der Waals surface area contributed by atoms with Crippen LogP contribution in [0.15, 0.2) is 88.9 Å². The molecule has 0 bridgehead atoms. The number of benzene rings is 3. The van der Waals surface area contributed by atoms with Crippen LogP contribution < -0.4 is 0 Å². The van der Waals surface area contributed by atoms with Crippen molar-refractivity contribution in [3.63, 3.8) is 0 Å². The summed E-state index contributed by atoms with van der Waals surface area (Å²) in [6.07, 6.45) is 3.19. The van der Waals surface area contributed by atoms with Gasteiger partial charge in [0.2, 0.25) is 0 Å². The summed E-state index contributed by atoms with van der Waals surface area (Å²) in [6.45, 7) is 1.94. The van der Waals surface area contributed by atoms with Gasteiger partial charge in [-0.15, -0.1) is 0 Å². The maximum atomic E-state index is 13.5. The first-order valence-corrected chi connectivity index (χ1v) is 10.8. The van der Waals surface area contributed by atoms with Crippen LogP contribution in [0.4, 0.5) is 0 Å². The van der Waals surface area contributed by atoms with Gasteiger partial charge in [-0.25, -0.2) is 0 Å². The number of nitrogens with zero attached hydrogens (tertiary/aromatic N) is 2. The van der Waals surface area contributed by atoms with Crippen molar-refractivity contribution in [2.24, 2.45) is 5.10 Å². The Balaban J connectivity index is 1.78. The Bertz CT molecular complexity index is 1090. The van der Waals surface area contributed by atoms with E-state index in [-0.39, 0.29) is 10.9 Å². The summed E-state index contributed by atoms with van der Waals surface area (Å²) in [5.74, 6) is 0. The minimum absolute atomic E-state index is 0.257. The second-order valence-corrected chi connectivity index (χ2v) is 8.79. The van der Waals surface area contributed by atoms with Crippen LogP contribution in [-0.2, 0) is 16.4 Å². The normalized spacial score (nSPS) is 16.2. The Kier molecular flexibility index (Phi) is 5.01. The highest BCUT2D eigenvalue weighted by molar-refractivity contribution is 7.89. The second kappa shape index (κ2) is 7.60. The van der Waals surface area contributed by atoms with Crippen molar-refractivity contribution >= 4 is 16.2 Å². The van der Waals surface area contributed by atoms with Crippen molar-refractivity contribution in [2.75, 3.05) is 0 Å². The Hall–Kier alpha value is -2.92. The van der Waals surface area contributed by atoms with E-state index in [1.807, 2.05) is 67.6 Å². The van der Waals surface area contributed by atoms with E-state index < -0.39 is 10.0 Å². The van der Waals surface area contributed by atoms with Gasteiger partial charge >= 0.3 is 0 Å². The molecule has 3 aromatic rings. The van der Waals surface area contributed by atoms with E-state index in [1.54, 1.807) is 18.3 Å². The molecule has 1 aliphatic carbocycles. The maximum absolute atomic E-state index is 13.5. The number of hydrazone groups is 1. The van der Waals surface area contributed by atoms with Crippen molar-refractivity contribution in [3.05, 3.63) is 101 Å². The monoisotopic (exact) mass is 390 g/mol. The molecule has 1 unspecified atom stereocenters. The third-order valence-corrected chi connectivity index (χ3v) is 6.76. The molecule has 142 valence electrons. The molecule has 0 N–H and O–H groups in total. The van der Waals surface area contributed by atoms with Crippen LogP contribution in [0.3, 0.4) is 0 Å². The van der Waals surface area contributed by atoms with Crippen molar-refractivity contribution in [1.29, 1.82) is 0 Å². The van der Waals surface area contributed by atoms with E-state index in [4.69, 9.17) is 0 Å². The van der Waals surface area contributed by atoms with Gasteiger partial charge in [-0.3, -0.25) is 0 Å². The fourth-order valence-corrected chi connectivity index (χ4v) is 4.98. The Morgan fingerprint density at radius 1 is 0.929 bits per heavy atom. The lowest BCUT2D eigenvalue weighted by Gasteiger charge is -2.26. The van der Waals surface area contributed by atoms with Gasteiger partial charge in [0.25, 0.3) is 10.0 Å². The van der Waals surface area contributed by atoms with Gasteiger partial charge in [0.1, 0.15) is 0 Å². The van der Waals surface area contributed by atoms with Gasteiger partial charge in [0, 0.05) is 0 Å². The number of hydrogen-bond donors (Lipinski definition) is 0. The van der Waals surface area contributed by atoms with E-state index >= 15 is 0 Å². The molecule has 0 radical (unpaired) electrons. The molecule has 4 nitrogen and oxygen atoms in total. The third kappa shape index (κ3) is 3.58. The van der Waals surface area contributed by atoms with Gasteiger partial charge in [0.15, 0.2) is 0 Å². The zero-order valence-corrected chi connectivity index (χ0v) is 16.5. The number of sulfonamides is 1. The lowest BCUT2D eigenvalue weighted by molar-refractivity contribution is 0.338. The molecule has 0 aromatic heterocycles. The van der Waals surface area contributed by atoms with Crippen LogP contribution in [0.25, 0.3) is 0 Å². The fraction of sp³-hybridized carbons (Fsp3) is 0.174. The highest BCUT2D eigenvalue weighted by Gasteiger charge is 2.35. The highest BCUT2D eigenvalue weighted by Crippen LogP contribution is 2.38. The predicted molar refractivity (Wildman–Crippen MR) is 112 cm³/mol. The molecule has 28 heavy (non-hydrogen) atoms. The molecule has 0 fully saturated rings. The topological polar surface area (TPSA) is 49.7 Å². The second-order valence-electron chi connectivity index (χ2n) is 7.00. The average Bonchev–Trinajstić information content (AvgIpc) is 3.13. The van der Waals surface area contributed by atoms with Crippen LogP contribution in [0.2, 0.25) is 0 Å². The van der Waals surface area contributed by atoms with Crippen molar-refractivity contribution < 1.29 is 8.42 Å². The molecule has 0 saturated heterocycles. The number of fused-ring (bicyclic) bond motifs is 1. The lowest BCUT2D eigenvalue weighted by atomic mass is 10.1. The minimum atomic E-state index is -3.78. The molecule has 3 aromatic carbocycles. The van der Waals surface area contributed by atoms with E-state index in [0.717, 1.165) is 29.5 Å². The van der Waals surface area contributed by atoms with Gasteiger partial charge in [0.05, 0.1) is 17.2 Å². The number of rotatable bonds is 5. The average molecular weight is 391 g/mol. The molecule has 0 amide bonds. The van der Waals surface area contributed by atoms with Crippen molar-refractivity contribution in [3.8, 4) is 0 Å². The summed E-state index contributed by atoms with van der Waals surface area (Å²) in [6, 6.07) is 24.2. The molecular formula is C23H22N2O2S. The quantitative estimate of drug-likeness (QED) is 0.468. The minimum Gasteiger partial charge on any atom is -0.200 e. The predicted octanol–water partition coefficient (Wildman–Crippen LogP) is 4.71. The van der Waals surface area contributed by atoms with Crippen LogP contribution in [0.5, 0.6) is 0 Å². The summed E-state index contributed by atoms with van der Waals surface area (Å²) in [5.41, 5.74) is 4.09. The van der Waals surface area contributed by atoms with Crippen molar-refractivity contribution in [1.82, 2.24) is 4.41 Å². The molecule has 0 spiro atoms. The smallest absolute Gasteiger partial charge is 0.200 e. The SMILES string of the molecule is Cc1ccc(S(=O)(=O)N(/N=C/c2ccccc2)C2CCc3ccccc32)cc1. The zero-order chi connectivity index (χ0) is 19.6. The highest BCUT2D eigenvalue weighted by atomic mass is 32.2. The van der Waals surface area contributed by atoms with Crippen LogP contribution in [-0.4, -0.2) is 19.0 Å². The molecular weight excluding hydrogens is 368 g/mol. The maximum Gasteiger partial charge on any atom is 0.279 e. The lowest BCUT2D eigenvalue weighted by Crippen LogP contribution is -2.29. The van der Waals surface area contributed by atoms with Gasteiger partial charge < -0.3 is 0 Å². The zero-order valence-electron chi connectivity index (χ0n) is 15.7. The number of hydrogen-bond acceptors (Lipinski definition) is 3. The molecule has 0 aliphatic heterocycles. The molecule has 4 rings (SSSR count). The van der Waals surface area contributed by atoms with Gasteiger partial charge in [-0.1, -0.05) is 72.3 Å². The molecule has 5 heteroatoms. The molecule has 0 heterocycles. The largest absolute Gasteiger partial charge is 0.279 e. The first-order valence-electron chi connectivity index (χ1n) is 9.33. The summed E-state index contributed by atoms with van der Waals surface area (Å²) >= 11 is 0. The van der Waals surface area contributed by atoms with E-state index in [1.165, 1.54) is 9.98 Å². The van der Waals surface area contributed by atoms with Gasteiger partial charge in [-0.05, 0) is 48.6 Å². The first kappa shape index (κ1) is 18.4. The summed E-state index contributed by atoms with van der Waals surface area (Å²) in [4.78, 5) is 0.257. The molecule has 1 aliphatic rings. The first-order chi connectivity index (χ1) is 13.6. The Morgan fingerprint density at radius 3 is 2.36 bits per heavy atom. The Labute approximate surface area is 166 Å². The van der Waals surface area contributed by atoms with Crippen molar-refractivity contribution in [2.45, 2.75) is 30.7 Å². The van der Waals surface area contributed by atoms with Crippen LogP contribution >= 0.6 is 0 Å². The fourth-order valence-electron chi connectivity index (χ4n) is 3.56. The summed E-state index contributed by atoms with van der Waals surface area (Å²) in [7, 11) is -3.78. The van der Waals surface area contributed by atoms with E-state index in [9.17, 15) is 8.42 Å². The molecule has 0 saturated carbocycles. The number of aryl methyl sites for hydroxylation is 2. The summed E-state index contributed by atoms with van der Waals surface area (Å²) in [5, 5.41) is 4.47. The third-order valence-electron chi connectivity index (χ3n) is 5.05. The Morgan fingerprint density at radius 2 is 1.61 bits per heavy atom. The van der Waals surface area contributed by atoms with E-state index in [0.29, 0.717) is 0 Å². The molecule has 1 atom stereocenters. The van der Waals surface area contributed by atoms with Crippen LogP contribution in [0, 0.1) is 6.92 Å².